The molecule has 2 nitrogen and oxygen atoms in total. The maximum atomic E-state index is 8.72. The molecule has 0 saturated carbocycles. The first-order valence-corrected chi connectivity index (χ1v) is 6.80. The number of thiophene rings is 2. The molecule has 1 atom stereocenters. The highest BCUT2D eigenvalue weighted by Crippen LogP contribution is 2.20. The molecule has 1 N–H and O–H groups in total. The summed E-state index contributed by atoms with van der Waals surface area (Å²) in [7, 11) is 0. The van der Waals surface area contributed by atoms with Gasteiger partial charge >= 0.3 is 0 Å². The van der Waals surface area contributed by atoms with Crippen molar-refractivity contribution in [3.8, 4) is 6.07 Å². The van der Waals surface area contributed by atoms with E-state index in [4.69, 9.17) is 5.26 Å². The lowest BCUT2D eigenvalue weighted by Gasteiger charge is -2.10. The van der Waals surface area contributed by atoms with Gasteiger partial charge in [0.05, 0.1) is 5.56 Å². The average molecular weight is 248 g/mol. The van der Waals surface area contributed by atoms with Crippen LogP contribution in [-0.4, -0.2) is 0 Å². The highest BCUT2D eigenvalue weighted by molar-refractivity contribution is 7.10. The molecule has 82 valence electrons. The van der Waals surface area contributed by atoms with Gasteiger partial charge in [-0.05, 0) is 24.4 Å². The molecule has 0 aliphatic heterocycles. The summed E-state index contributed by atoms with van der Waals surface area (Å²) in [5, 5.41) is 16.2. The van der Waals surface area contributed by atoms with Crippen molar-refractivity contribution in [1.29, 1.82) is 5.26 Å². The molecule has 0 saturated heterocycles. The summed E-state index contributed by atoms with van der Waals surface area (Å²) in [5.74, 6) is 0. The first-order chi connectivity index (χ1) is 7.79. The summed E-state index contributed by atoms with van der Waals surface area (Å²) < 4.78 is 0. The fraction of sp³-hybridized carbons (Fsp3) is 0.250. The van der Waals surface area contributed by atoms with Crippen LogP contribution in [0.1, 0.15) is 28.3 Å². The number of hydrogen-bond donors (Lipinski definition) is 1. The molecule has 0 aromatic carbocycles. The topological polar surface area (TPSA) is 35.8 Å². The van der Waals surface area contributed by atoms with Crippen LogP contribution in [0.5, 0.6) is 0 Å². The van der Waals surface area contributed by atoms with Crippen LogP contribution in [0, 0.1) is 11.3 Å². The Labute approximate surface area is 103 Å². The molecule has 1 unspecified atom stereocenters. The highest BCUT2D eigenvalue weighted by Gasteiger charge is 2.06. The van der Waals surface area contributed by atoms with E-state index in [2.05, 4.69) is 35.8 Å². The number of nitriles is 1. The van der Waals surface area contributed by atoms with Gasteiger partial charge in [-0.2, -0.15) is 5.26 Å². The van der Waals surface area contributed by atoms with E-state index in [1.165, 1.54) is 9.75 Å². The summed E-state index contributed by atoms with van der Waals surface area (Å²) in [6, 6.07) is 8.66. The normalized spacial score (nSPS) is 12.2. The molecular weight excluding hydrogens is 236 g/mol. The maximum Gasteiger partial charge on any atom is 0.100 e. The van der Waals surface area contributed by atoms with Crippen molar-refractivity contribution in [2.75, 3.05) is 0 Å². The molecule has 0 spiro atoms. The van der Waals surface area contributed by atoms with E-state index in [-0.39, 0.29) is 0 Å². The Bertz CT molecular complexity index is 479. The fourth-order valence-electron chi connectivity index (χ4n) is 1.42. The molecule has 2 rings (SSSR count). The minimum atomic E-state index is 0.368. The van der Waals surface area contributed by atoms with E-state index in [9.17, 15) is 0 Å². The average Bonchev–Trinajstić information content (AvgIpc) is 2.96. The van der Waals surface area contributed by atoms with Crippen molar-refractivity contribution >= 4 is 22.7 Å². The van der Waals surface area contributed by atoms with Crippen LogP contribution in [-0.2, 0) is 6.54 Å². The Morgan fingerprint density at radius 2 is 2.38 bits per heavy atom. The molecule has 0 aliphatic carbocycles. The lowest BCUT2D eigenvalue weighted by Crippen LogP contribution is -2.16. The molecule has 2 heterocycles. The Morgan fingerprint density at radius 3 is 3.00 bits per heavy atom. The first-order valence-electron chi connectivity index (χ1n) is 5.04. The second-order valence-corrected chi connectivity index (χ2v) is 5.51. The second kappa shape index (κ2) is 5.26. The third-order valence-electron chi connectivity index (χ3n) is 2.34. The predicted molar refractivity (Wildman–Crippen MR) is 68.6 cm³/mol. The van der Waals surface area contributed by atoms with Gasteiger partial charge in [-0.25, -0.2) is 0 Å². The molecular formula is C12H12N2S2. The SMILES string of the molecule is CC(NCc1cc(C#N)cs1)c1cccs1. The van der Waals surface area contributed by atoms with Crippen LogP contribution in [0.4, 0.5) is 0 Å². The number of rotatable bonds is 4. The molecule has 2 aromatic rings. The molecule has 0 radical (unpaired) electrons. The van der Waals surface area contributed by atoms with E-state index in [1.54, 1.807) is 22.7 Å². The van der Waals surface area contributed by atoms with Crippen molar-refractivity contribution < 1.29 is 0 Å². The van der Waals surface area contributed by atoms with Gasteiger partial charge in [0, 0.05) is 27.7 Å². The summed E-state index contributed by atoms with van der Waals surface area (Å²) >= 11 is 3.40. The quantitative estimate of drug-likeness (QED) is 0.898. The lowest BCUT2D eigenvalue weighted by atomic mass is 10.2. The Hall–Kier alpha value is -1.15. The lowest BCUT2D eigenvalue weighted by molar-refractivity contribution is 0.587. The first kappa shape index (κ1) is 11.3. The number of nitrogens with one attached hydrogen (secondary N) is 1. The van der Waals surface area contributed by atoms with E-state index in [0.29, 0.717) is 6.04 Å². The third kappa shape index (κ3) is 2.70. The van der Waals surface area contributed by atoms with E-state index in [0.717, 1.165) is 12.1 Å². The Kier molecular flexibility index (Phi) is 3.73. The zero-order chi connectivity index (χ0) is 11.4. The summed E-state index contributed by atoms with van der Waals surface area (Å²) in [6.07, 6.45) is 0. The van der Waals surface area contributed by atoms with Gasteiger partial charge in [0.15, 0.2) is 0 Å². The molecule has 16 heavy (non-hydrogen) atoms. The van der Waals surface area contributed by atoms with Crippen molar-refractivity contribution in [3.63, 3.8) is 0 Å². The second-order valence-electron chi connectivity index (χ2n) is 3.53. The zero-order valence-electron chi connectivity index (χ0n) is 8.93. The van der Waals surface area contributed by atoms with E-state index < -0.39 is 0 Å². The van der Waals surface area contributed by atoms with Gasteiger partial charge in [-0.3, -0.25) is 0 Å². The van der Waals surface area contributed by atoms with Crippen LogP contribution in [0.15, 0.2) is 29.0 Å². The van der Waals surface area contributed by atoms with Crippen LogP contribution in [0.2, 0.25) is 0 Å². The highest BCUT2D eigenvalue weighted by atomic mass is 32.1. The molecule has 0 aliphatic rings. The van der Waals surface area contributed by atoms with Crippen LogP contribution < -0.4 is 5.32 Å². The van der Waals surface area contributed by atoms with Gasteiger partial charge in [-0.1, -0.05) is 6.07 Å². The summed E-state index contributed by atoms with van der Waals surface area (Å²) in [5.41, 5.74) is 0.755. The van der Waals surface area contributed by atoms with E-state index in [1.807, 2.05) is 11.4 Å². The minimum absolute atomic E-state index is 0.368. The van der Waals surface area contributed by atoms with Crippen LogP contribution in [0.25, 0.3) is 0 Å². The molecule has 2 aromatic heterocycles. The molecule has 0 fully saturated rings. The van der Waals surface area contributed by atoms with Crippen molar-refractivity contribution in [1.82, 2.24) is 5.32 Å². The Balaban J connectivity index is 1.90. The fourth-order valence-corrected chi connectivity index (χ4v) is 2.94. The van der Waals surface area contributed by atoms with Gasteiger partial charge in [-0.15, -0.1) is 22.7 Å². The van der Waals surface area contributed by atoms with Gasteiger partial charge in [0.2, 0.25) is 0 Å². The van der Waals surface area contributed by atoms with Crippen molar-refractivity contribution in [2.24, 2.45) is 0 Å². The standard InChI is InChI=1S/C12H12N2S2/c1-9(12-3-2-4-15-12)14-7-11-5-10(6-13)8-16-11/h2-5,8-9,14H,7H2,1H3. The van der Waals surface area contributed by atoms with Crippen molar-refractivity contribution in [2.45, 2.75) is 19.5 Å². The number of hydrogen-bond acceptors (Lipinski definition) is 4. The summed E-state index contributed by atoms with van der Waals surface area (Å²) in [4.78, 5) is 2.55. The zero-order valence-corrected chi connectivity index (χ0v) is 10.6. The predicted octanol–water partition coefficient (Wildman–Crippen LogP) is 3.53. The van der Waals surface area contributed by atoms with Gasteiger partial charge < -0.3 is 5.32 Å². The smallest absolute Gasteiger partial charge is 0.100 e. The summed E-state index contributed by atoms with van der Waals surface area (Å²) in [6.45, 7) is 2.98. The van der Waals surface area contributed by atoms with Gasteiger partial charge in [0.25, 0.3) is 0 Å². The minimum Gasteiger partial charge on any atom is -0.305 e. The molecule has 0 amide bonds. The molecule has 4 heteroatoms. The monoisotopic (exact) mass is 248 g/mol. The molecule has 0 bridgehead atoms. The van der Waals surface area contributed by atoms with Gasteiger partial charge in [0.1, 0.15) is 6.07 Å². The third-order valence-corrected chi connectivity index (χ3v) is 4.33. The maximum absolute atomic E-state index is 8.72. The van der Waals surface area contributed by atoms with E-state index >= 15 is 0 Å². The largest absolute Gasteiger partial charge is 0.305 e. The number of nitrogens with zero attached hydrogens (tertiary/aromatic N) is 1. The Morgan fingerprint density at radius 1 is 1.50 bits per heavy atom. The van der Waals surface area contributed by atoms with Crippen molar-refractivity contribution in [3.05, 3.63) is 44.3 Å². The van der Waals surface area contributed by atoms with Crippen LogP contribution >= 0.6 is 22.7 Å². The van der Waals surface area contributed by atoms with Crippen LogP contribution in [0.3, 0.4) is 0 Å².